The highest BCUT2D eigenvalue weighted by Gasteiger charge is 2.48. The van der Waals surface area contributed by atoms with E-state index in [0.29, 0.717) is 12.1 Å². The Morgan fingerprint density at radius 3 is 2.88 bits per heavy atom. The molecule has 1 aliphatic carbocycles. The summed E-state index contributed by atoms with van der Waals surface area (Å²) in [6.07, 6.45) is 5.23. The molecule has 90 valence electrons. The summed E-state index contributed by atoms with van der Waals surface area (Å²) >= 11 is 0. The van der Waals surface area contributed by atoms with Gasteiger partial charge in [0.25, 0.3) is 0 Å². The average Bonchev–Trinajstić information content (AvgIpc) is 2.63. The van der Waals surface area contributed by atoms with E-state index in [1.54, 1.807) is 7.11 Å². The highest BCUT2D eigenvalue weighted by molar-refractivity contribution is 5.05. The van der Waals surface area contributed by atoms with E-state index in [-0.39, 0.29) is 5.41 Å². The summed E-state index contributed by atoms with van der Waals surface area (Å²) in [6.45, 7) is 5.39. The lowest BCUT2D eigenvalue weighted by atomic mass is 9.64. The third-order valence-electron chi connectivity index (χ3n) is 3.91. The molecular weight excluding hydrogens is 202 g/mol. The lowest BCUT2D eigenvalue weighted by Crippen LogP contribution is -2.60. The van der Waals surface area contributed by atoms with Gasteiger partial charge in [-0.1, -0.05) is 13.8 Å². The number of nitrogens with zero attached hydrogens (tertiary/aromatic N) is 2. The maximum absolute atomic E-state index is 5.43. The SMILES string of the molecule is COC1CC(NCc2cncn2C)C1(C)C. The van der Waals surface area contributed by atoms with Crippen LogP contribution in [0.1, 0.15) is 26.0 Å². The van der Waals surface area contributed by atoms with Gasteiger partial charge in [0.15, 0.2) is 0 Å². The second-order valence-electron chi connectivity index (χ2n) is 5.21. The van der Waals surface area contributed by atoms with Gasteiger partial charge >= 0.3 is 0 Å². The van der Waals surface area contributed by atoms with Gasteiger partial charge in [-0.05, 0) is 6.42 Å². The molecule has 1 aromatic rings. The van der Waals surface area contributed by atoms with E-state index < -0.39 is 0 Å². The number of imidazole rings is 1. The average molecular weight is 223 g/mol. The van der Waals surface area contributed by atoms with Gasteiger partial charge in [-0.25, -0.2) is 4.98 Å². The Labute approximate surface area is 97.0 Å². The zero-order valence-electron chi connectivity index (χ0n) is 10.5. The molecule has 1 N–H and O–H groups in total. The van der Waals surface area contributed by atoms with Gasteiger partial charge in [0, 0.05) is 38.4 Å². The third kappa shape index (κ3) is 1.87. The van der Waals surface area contributed by atoms with E-state index in [1.807, 2.05) is 24.1 Å². The van der Waals surface area contributed by atoms with Gasteiger partial charge in [0.1, 0.15) is 0 Å². The van der Waals surface area contributed by atoms with Crippen LogP contribution in [-0.4, -0.2) is 28.8 Å². The van der Waals surface area contributed by atoms with Crippen LogP contribution < -0.4 is 5.32 Å². The summed E-state index contributed by atoms with van der Waals surface area (Å²) in [5.74, 6) is 0. The van der Waals surface area contributed by atoms with Crippen LogP contribution in [0.4, 0.5) is 0 Å². The number of rotatable bonds is 4. The Bertz CT molecular complexity index is 359. The summed E-state index contributed by atoms with van der Waals surface area (Å²) < 4.78 is 7.48. The molecule has 2 atom stereocenters. The van der Waals surface area contributed by atoms with Crippen LogP contribution in [0.15, 0.2) is 12.5 Å². The molecule has 4 nitrogen and oxygen atoms in total. The van der Waals surface area contributed by atoms with Crippen molar-refractivity contribution >= 4 is 0 Å². The molecule has 1 fully saturated rings. The van der Waals surface area contributed by atoms with E-state index in [2.05, 4.69) is 24.1 Å². The molecule has 0 amide bonds. The second kappa shape index (κ2) is 4.18. The first-order valence-corrected chi connectivity index (χ1v) is 5.77. The molecular formula is C12H21N3O. The lowest BCUT2D eigenvalue weighted by Gasteiger charge is -2.51. The topological polar surface area (TPSA) is 39.1 Å². The molecule has 1 heterocycles. The fourth-order valence-corrected chi connectivity index (χ4v) is 2.41. The molecule has 1 aliphatic rings. The van der Waals surface area contributed by atoms with Gasteiger partial charge in [-0.3, -0.25) is 0 Å². The summed E-state index contributed by atoms with van der Waals surface area (Å²) in [5, 5.41) is 3.58. The molecule has 0 spiro atoms. The van der Waals surface area contributed by atoms with E-state index in [9.17, 15) is 0 Å². The Morgan fingerprint density at radius 1 is 1.62 bits per heavy atom. The van der Waals surface area contributed by atoms with Crippen LogP contribution in [0.25, 0.3) is 0 Å². The van der Waals surface area contributed by atoms with Crippen LogP contribution in [0.3, 0.4) is 0 Å². The lowest BCUT2D eigenvalue weighted by molar-refractivity contribution is -0.0980. The van der Waals surface area contributed by atoms with Crippen LogP contribution in [-0.2, 0) is 18.3 Å². The number of nitrogens with one attached hydrogen (secondary N) is 1. The van der Waals surface area contributed by atoms with Crippen molar-refractivity contribution in [1.82, 2.24) is 14.9 Å². The number of methoxy groups -OCH3 is 1. The molecule has 1 aromatic heterocycles. The van der Waals surface area contributed by atoms with Crippen molar-refractivity contribution in [2.75, 3.05) is 7.11 Å². The number of aryl methyl sites for hydroxylation is 1. The Morgan fingerprint density at radius 2 is 2.38 bits per heavy atom. The molecule has 0 aliphatic heterocycles. The standard InChI is InChI=1S/C12H21N3O/c1-12(2)10(5-11(12)16-4)14-7-9-6-13-8-15(9)3/h6,8,10-11,14H,5,7H2,1-4H3. The number of aromatic nitrogens is 2. The Hall–Kier alpha value is -0.870. The Balaban J connectivity index is 1.87. The number of hydrogen-bond acceptors (Lipinski definition) is 3. The minimum Gasteiger partial charge on any atom is -0.381 e. The number of ether oxygens (including phenoxy) is 1. The van der Waals surface area contributed by atoms with Crippen molar-refractivity contribution in [2.24, 2.45) is 12.5 Å². The zero-order valence-corrected chi connectivity index (χ0v) is 10.5. The van der Waals surface area contributed by atoms with E-state index in [0.717, 1.165) is 13.0 Å². The van der Waals surface area contributed by atoms with Crippen LogP contribution in [0.2, 0.25) is 0 Å². The highest BCUT2D eigenvalue weighted by atomic mass is 16.5. The number of hydrogen-bond donors (Lipinski definition) is 1. The van der Waals surface area contributed by atoms with Crippen molar-refractivity contribution < 1.29 is 4.74 Å². The predicted octanol–water partition coefficient (Wildman–Crippen LogP) is 1.32. The fraction of sp³-hybridized carbons (Fsp3) is 0.750. The first-order chi connectivity index (χ1) is 7.55. The summed E-state index contributed by atoms with van der Waals surface area (Å²) in [7, 11) is 3.82. The first-order valence-electron chi connectivity index (χ1n) is 5.77. The zero-order chi connectivity index (χ0) is 11.8. The van der Waals surface area contributed by atoms with Crippen molar-refractivity contribution in [2.45, 2.75) is 39.0 Å². The minimum atomic E-state index is 0.230. The summed E-state index contributed by atoms with van der Waals surface area (Å²) in [4.78, 5) is 4.11. The highest BCUT2D eigenvalue weighted by Crippen LogP contribution is 2.42. The minimum absolute atomic E-state index is 0.230. The fourth-order valence-electron chi connectivity index (χ4n) is 2.41. The molecule has 1 saturated carbocycles. The predicted molar refractivity (Wildman–Crippen MR) is 63.0 cm³/mol. The third-order valence-corrected chi connectivity index (χ3v) is 3.91. The summed E-state index contributed by atoms with van der Waals surface area (Å²) in [5.41, 5.74) is 1.45. The van der Waals surface area contributed by atoms with Crippen LogP contribution >= 0.6 is 0 Å². The van der Waals surface area contributed by atoms with Gasteiger partial charge in [0.05, 0.1) is 18.1 Å². The monoisotopic (exact) mass is 223 g/mol. The molecule has 2 unspecified atom stereocenters. The normalized spacial score (nSPS) is 27.8. The Kier molecular flexibility index (Phi) is 3.04. The smallest absolute Gasteiger partial charge is 0.0945 e. The molecule has 0 saturated heterocycles. The summed E-state index contributed by atoms with van der Waals surface area (Å²) in [6, 6.07) is 0.535. The van der Waals surface area contributed by atoms with Gasteiger partial charge in [0.2, 0.25) is 0 Å². The molecule has 0 bridgehead atoms. The molecule has 4 heteroatoms. The maximum Gasteiger partial charge on any atom is 0.0945 e. The van der Waals surface area contributed by atoms with E-state index in [4.69, 9.17) is 4.74 Å². The largest absolute Gasteiger partial charge is 0.381 e. The van der Waals surface area contributed by atoms with Crippen molar-refractivity contribution in [1.29, 1.82) is 0 Å². The van der Waals surface area contributed by atoms with Gasteiger partial charge in [-0.2, -0.15) is 0 Å². The molecule has 0 radical (unpaired) electrons. The van der Waals surface area contributed by atoms with Gasteiger partial charge in [-0.15, -0.1) is 0 Å². The quantitative estimate of drug-likeness (QED) is 0.837. The van der Waals surface area contributed by atoms with E-state index >= 15 is 0 Å². The first kappa shape index (κ1) is 11.6. The van der Waals surface area contributed by atoms with Crippen molar-refractivity contribution in [3.05, 3.63) is 18.2 Å². The van der Waals surface area contributed by atoms with Gasteiger partial charge < -0.3 is 14.6 Å². The molecule has 16 heavy (non-hydrogen) atoms. The van der Waals surface area contributed by atoms with E-state index in [1.165, 1.54) is 5.69 Å². The van der Waals surface area contributed by atoms with Crippen LogP contribution in [0, 0.1) is 5.41 Å². The maximum atomic E-state index is 5.43. The molecule has 0 aromatic carbocycles. The van der Waals surface area contributed by atoms with Crippen molar-refractivity contribution in [3.63, 3.8) is 0 Å². The second-order valence-corrected chi connectivity index (χ2v) is 5.21. The molecule has 2 rings (SSSR count). The van der Waals surface area contributed by atoms with Crippen molar-refractivity contribution in [3.8, 4) is 0 Å². The van der Waals surface area contributed by atoms with Crippen LogP contribution in [0.5, 0.6) is 0 Å².